The second kappa shape index (κ2) is 6.73. The molecule has 0 aromatic heterocycles. The van der Waals surface area contributed by atoms with Crippen molar-refractivity contribution in [2.45, 2.75) is 26.0 Å². The number of nitro groups is 1. The number of aliphatic hydroxyl groups excluding tert-OH is 1. The van der Waals surface area contributed by atoms with E-state index in [0.29, 0.717) is 31.2 Å². The number of nitro benzene ring substituents is 1. The number of nitrogens with zero attached hydrogens (tertiary/aromatic N) is 2. The van der Waals surface area contributed by atoms with Gasteiger partial charge in [0.15, 0.2) is 0 Å². The smallest absolute Gasteiger partial charge is 0.275 e. The molecule has 1 aromatic carbocycles. The van der Waals surface area contributed by atoms with Gasteiger partial charge in [0, 0.05) is 30.4 Å². The van der Waals surface area contributed by atoms with Crippen LogP contribution in [0.5, 0.6) is 5.75 Å². The molecule has 0 radical (unpaired) electrons. The molecule has 1 aliphatic rings. The number of hydrogen-bond acceptors (Lipinski definition) is 6. The van der Waals surface area contributed by atoms with E-state index >= 15 is 0 Å². The molecule has 2 unspecified atom stereocenters. The van der Waals surface area contributed by atoms with E-state index in [9.17, 15) is 15.2 Å². The maximum atomic E-state index is 11.1. The van der Waals surface area contributed by atoms with Crippen molar-refractivity contribution in [2.75, 3.05) is 31.3 Å². The van der Waals surface area contributed by atoms with Gasteiger partial charge in [-0.3, -0.25) is 10.1 Å². The van der Waals surface area contributed by atoms with Gasteiger partial charge in [-0.2, -0.15) is 0 Å². The summed E-state index contributed by atoms with van der Waals surface area (Å²) in [6.07, 6.45) is -0.281. The molecule has 1 aromatic rings. The van der Waals surface area contributed by atoms with Crippen LogP contribution in [0.15, 0.2) is 18.2 Å². The van der Waals surface area contributed by atoms with Crippen LogP contribution in [0.25, 0.3) is 0 Å². The lowest BCUT2D eigenvalue weighted by molar-refractivity contribution is -0.384. The van der Waals surface area contributed by atoms with Crippen LogP contribution in [0.3, 0.4) is 0 Å². The number of hydrogen-bond donors (Lipinski definition) is 1. The van der Waals surface area contributed by atoms with E-state index in [1.54, 1.807) is 6.07 Å². The summed E-state index contributed by atoms with van der Waals surface area (Å²) in [6.45, 7) is 5.14. The van der Waals surface area contributed by atoms with Crippen molar-refractivity contribution in [3.05, 3.63) is 28.3 Å². The number of aliphatic hydroxyl groups is 1. The maximum Gasteiger partial charge on any atom is 0.275 e. The molecule has 116 valence electrons. The van der Waals surface area contributed by atoms with Gasteiger partial charge in [-0.25, -0.2) is 0 Å². The third kappa shape index (κ3) is 3.62. The lowest BCUT2D eigenvalue weighted by Crippen LogP contribution is -2.49. The fourth-order valence-electron chi connectivity index (χ4n) is 2.38. The molecule has 7 nitrogen and oxygen atoms in total. The van der Waals surface area contributed by atoms with E-state index in [4.69, 9.17) is 9.47 Å². The fraction of sp³-hybridized carbons (Fsp3) is 0.571. The average molecular weight is 296 g/mol. The summed E-state index contributed by atoms with van der Waals surface area (Å²) in [5.74, 6) is 0.473. The number of anilines is 1. The molecule has 1 heterocycles. The summed E-state index contributed by atoms with van der Waals surface area (Å²) >= 11 is 0. The van der Waals surface area contributed by atoms with E-state index in [1.807, 2.05) is 18.7 Å². The predicted molar refractivity (Wildman–Crippen MR) is 77.9 cm³/mol. The minimum Gasteiger partial charge on any atom is -0.494 e. The first-order chi connectivity index (χ1) is 10.0. The van der Waals surface area contributed by atoms with Crippen LogP contribution in [0.4, 0.5) is 11.4 Å². The second-order valence-corrected chi connectivity index (χ2v) is 5.01. The molecule has 1 fully saturated rings. The summed E-state index contributed by atoms with van der Waals surface area (Å²) in [4.78, 5) is 12.6. The fourth-order valence-corrected chi connectivity index (χ4v) is 2.38. The van der Waals surface area contributed by atoms with Crippen LogP contribution in [-0.2, 0) is 4.74 Å². The van der Waals surface area contributed by atoms with Gasteiger partial charge >= 0.3 is 0 Å². The highest BCUT2D eigenvalue weighted by Gasteiger charge is 2.27. The lowest BCUT2D eigenvalue weighted by atomic mass is 10.1. The predicted octanol–water partition coefficient (Wildman–Crippen LogP) is 1.58. The Labute approximate surface area is 123 Å². The standard InChI is InChI=1S/C14H20N2O5/c1-3-20-13-5-11(4-12(6-13)16(18)19)15-7-14(8-17)21-9-10(15)2/h4-6,10,14,17H,3,7-9H2,1-2H3. The molecule has 7 heteroatoms. The van der Waals surface area contributed by atoms with Gasteiger partial charge in [0.25, 0.3) is 5.69 Å². The summed E-state index contributed by atoms with van der Waals surface area (Å²) in [7, 11) is 0. The first kappa shape index (κ1) is 15.5. The summed E-state index contributed by atoms with van der Waals surface area (Å²) < 4.78 is 10.9. The molecular formula is C14H20N2O5. The zero-order valence-corrected chi connectivity index (χ0v) is 12.2. The molecule has 21 heavy (non-hydrogen) atoms. The monoisotopic (exact) mass is 296 g/mol. The Hall–Kier alpha value is -1.86. The second-order valence-electron chi connectivity index (χ2n) is 5.01. The third-order valence-corrected chi connectivity index (χ3v) is 3.44. The van der Waals surface area contributed by atoms with Crippen LogP contribution < -0.4 is 9.64 Å². The van der Waals surface area contributed by atoms with Crippen molar-refractivity contribution in [2.24, 2.45) is 0 Å². The van der Waals surface area contributed by atoms with Crippen LogP contribution >= 0.6 is 0 Å². The Morgan fingerprint density at radius 1 is 1.52 bits per heavy atom. The minimum atomic E-state index is -0.430. The number of morpholine rings is 1. The molecule has 0 aliphatic carbocycles. The zero-order chi connectivity index (χ0) is 15.4. The van der Waals surface area contributed by atoms with Crippen LogP contribution in [0.1, 0.15) is 13.8 Å². The van der Waals surface area contributed by atoms with Gasteiger partial charge < -0.3 is 19.5 Å². The van der Waals surface area contributed by atoms with E-state index in [-0.39, 0.29) is 24.4 Å². The van der Waals surface area contributed by atoms with E-state index in [1.165, 1.54) is 12.1 Å². The van der Waals surface area contributed by atoms with Gasteiger partial charge in [-0.05, 0) is 13.8 Å². The Bertz CT molecular complexity index is 508. The number of non-ortho nitro benzene ring substituents is 1. The maximum absolute atomic E-state index is 11.1. The van der Waals surface area contributed by atoms with Gasteiger partial charge in [-0.1, -0.05) is 0 Å². The van der Waals surface area contributed by atoms with Crippen molar-refractivity contribution in [3.8, 4) is 5.75 Å². The Morgan fingerprint density at radius 2 is 2.29 bits per heavy atom. The van der Waals surface area contributed by atoms with Crippen LogP contribution in [0.2, 0.25) is 0 Å². The topological polar surface area (TPSA) is 85.1 Å². The zero-order valence-electron chi connectivity index (χ0n) is 12.2. The van der Waals surface area contributed by atoms with Crippen LogP contribution in [0, 0.1) is 10.1 Å². The van der Waals surface area contributed by atoms with E-state index in [0.717, 1.165) is 0 Å². The number of rotatable bonds is 5. The molecule has 0 saturated carbocycles. The van der Waals surface area contributed by atoms with E-state index < -0.39 is 4.92 Å². The Morgan fingerprint density at radius 3 is 2.90 bits per heavy atom. The highest BCUT2D eigenvalue weighted by atomic mass is 16.6. The van der Waals surface area contributed by atoms with E-state index in [2.05, 4.69) is 0 Å². The largest absolute Gasteiger partial charge is 0.494 e. The molecule has 0 amide bonds. The van der Waals surface area contributed by atoms with Crippen molar-refractivity contribution in [3.63, 3.8) is 0 Å². The average Bonchev–Trinajstić information content (AvgIpc) is 2.47. The SMILES string of the molecule is CCOc1cc(N2CC(CO)OCC2C)cc([N+](=O)[O-])c1. The van der Waals surface area contributed by atoms with Gasteiger partial charge in [-0.15, -0.1) is 0 Å². The van der Waals surface area contributed by atoms with Gasteiger partial charge in [0.05, 0.1) is 36.9 Å². The summed E-state index contributed by atoms with van der Waals surface area (Å²) in [5, 5.41) is 20.3. The molecule has 0 spiro atoms. The van der Waals surface area contributed by atoms with Crippen molar-refractivity contribution >= 4 is 11.4 Å². The highest BCUT2D eigenvalue weighted by Crippen LogP contribution is 2.31. The van der Waals surface area contributed by atoms with Gasteiger partial charge in [0.1, 0.15) is 5.75 Å². The summed E-state index contributed by atoms with van der Waals surface area (Å²) in [6, 6.07) is 4.80. The van der Waals surface area contributed by atoms with Crippen molar-refractivity contribution in [1.82, 2.24) is 0 Å². The lowest BCUT2D eigenvalue weighted by Gasteiger charge is -2.39. The van der Waals surface area contributed by atoms with Crippen molar-refractivity contribution < 1.29 is 19.5 Å². The number of benzene rings is 1. The molecule has 1 N–H and O–H groups in total. The Balaban J connectivity index is 2.33. The van der Waals surface area contributed by atoms with Crippen molar-refractivity contribution in [1.29, 1.82) is 0 Å². The molecule has 1 saturated heterocycles. The molecule has 0 bridgehead atoms. The van der Waals surface area contributed by atoms with Gasteiger partial charge in [0.2, 0.25) is 0 Å². The first-order valence-corrected chi connectivity index (χ1v) is 6.96. The molecule has 2 atom stereocenters. The Kier molecular flexibility index (Phi) is 4.98. The quantitative estimate of drug-likeness (QED) is 0.656. The molecular weight excluding hydrogens is 276 g/mol. The molecule has 1 aliphatic heterocycles. The summed E-state index contributed by atoms with van der Waals surface area (Å²) in [5.41, 5.74) is 0.706. The minimum absolute atomic E-state index is 0.00445. The third-order valence-electron chi connectivity index (χ3n) is 3.44. The normalized spacial score (nSPS) is 22.1. The highest BCUT2D eigenvalue weighted by molar-refractivity contribution is 5.59. The van der Waals surface area contributed by atoms with Crippen LogP contribution in [-0.4, -0.2) is 48.5 Å². The first-order valence-electron chi connectivity index (χ1n) is 6.96. The molecule has 2 rings (SSSR count). The number of ether oxygens (including phenoxy) is 2.